The Morgan fingerprint density at radius 2 is 1.54 bits per heavy atom. The standard InChI is InChI=1S/C18H17F3INO/c1-17(2,3)23-16(24)13-8-12(9-15(22)10-13)11-4-6-14(7-5-11)18(19,20)21/h4-10H,1-3H3,(H,23,24). The number of carbonyl (C=O) groups excluding carboxylic acids is 1. The van der Waals surface area contributed by atoms with Gasteiger partial charge in [0.25, 0.3) is 5.91 Å². The number of amides is 1. The van der Waals surface area contributed by atoms with E-state index in [-0.39, 0.29) is 11.4 Å². The van der Waals surface area contributed by atoms with Crippen LogP contribution < -0.4 is 5.32 Å². The molecule has 2 aromatic rings. The molecule has 6 heteroatoms. The number of benzene rings is 2. The lowest BCUT2D eigenvalue weighted by Crippen LogP contribution is -2.40. The van der Waals surface area contributed by atoms with E-state index < -0.39 is 11.7 Å². The summed E-state index contributed by atoms with van der Waals surface area (Å²) < 4.78 is 38.8. The second-order valence-corrected chi connectivity index (χ2v) is 7.75. The highest BCUT2D eigenvalue weighted by Gasteiger charge is 2.30. The second-order valence-electron chi connectivity index (χ2n) is 6.51. The molecule has 1 N–H and O–H groups in total. The Hall–Kier alpha value is -1.57. The molecule has 0 atom stereocenters. The van der Waals surface area contributed by atoms with Gasteiger partial charge in [-0.15, -0.1) is 0 Å². The summed E-state index contributed by atoms with van der Waals surface area (Å²) in [6, 6.07) is 10.2. The summed E-state index contributed by atoms with van der Waals surface area (Å²) in [5, 5.41) is 2.88. The molecular formula is C18H17F3INO. The van der Waals surface area contributed by atoms with Crippen molar-refractivity contribution in [2.24, 2.45) is 0 Å². The summed E-state index contributed by atoms with van der Waals surface area (Å²) in [6.45, 7) is 5.65. The van der Waals surface area contributed by atoms with Gasteiger partial charge in [0.15, 0.2) is 0 Å². The minimum absolute atomic E-state index is 0.214. The van der Waals surface area contributed by atoms with E-state index in [0.717, 1.165) is 15.7 Å². The van der Waals surface area contributed by atoms with Gasteiger partial charge in [-0.3, -0.25) is 4.79 Å². The van der Waals surface area contributed by atoms with Crippen molar-refractivity contribution < 1.29 is 18.0 Å². The van der Waals surface area contributed by atoms with Gasteiger partial charge in [0.05, 0.1) is 5.56 Å². The maximum Gasteiger partial charge on any atom is 0.416 e. The first-order valence-electron chi connectivity index (χ1n) is 7.26. The molecule has 0 bridgehead atoms. The molecule has 0 aliphatic heterocycles. The van der Waals surface area contributed by atoms with Gasteiger partial charge in [0.2, 0.25) is 0 Å². The lowest BCUT2D eigenvalue weighted by molar-refractivity contribution is -0.137. The van der Waals surface area contributed by atoms with Crippen LogP contribution in [0, 0.1) is 3.57 Å². The first-order chi connectivity index (χ1) is 11.0. The molecule has 128 valence electrons. The molecule has 0 heterocycles. The average Bonchev–Trinajstić information content (AvgIpc) is 2.44. The molecule has 0 aliphatic rings. The summed E-state index contributed by atoms with van der Waals surface area (Å²) in [5.41, 5.74) is 0.752. The highest BCUT2D eigenvalue weighted by Crippen LogP contribution is 2.31. The van der Waals surface area contributed by atoms with Gasteiger partial charge in [-0.1, -0.05) is 12.1 Å². The van der Waals surface area contributed by atoms with E-state index in [4.69, 9.17) is 0 Å². The Bertz CT molecular complexity index is 746. The highest BCUT2D eigenvalue weighted by molar-refractivity contribution is 14.1. The third-order valence-corrected chi connectivity index (χ3v) is 3.82. The predicted octanol–water partition coefficient (Wildman–Crippen LogP) is 5.51. The molecule has 2 rings (SSSR count). The summed E-state index contributed by atoms with van der Waals surface area (Å²) in [7, 11) is 0. The van der Waals surface area contributed by atoms with Crippen LogP contribution >= 0.6 is 22.6 Å². The van der Waals surface area contributed by atoms with Gasteiger partial charge < -0.3 is 5.32 Å². The lowest BCUT2D eigenvalue weighted by Gasteiger charge is -2.21. The van der Waals surface area contributed by atoms with Crippen LogP contribution in [0.3, 0.4) is 0 Å². The zero-order valence-corrected chi connectivity index (χ0v) is 15.6. The van der Waals surface area contributed by atoms with Gasteiger partial charge >= 0.3 is 6.18 Å². The first kappa shape index (κ1) is 18.8. The van der Waals surface area contributed by atoms with Crippen molar-refractivity contribution >= 4 is 28.5 Å². The Morgan fingerprint density at radius 1 is 0.958 bits per heavy atom. The van der Waals surface area contributed by atoms with Crippen LogP contribution in [-0.4, -0.2) is 11.4 Å². The molecule has 0 fully saturated rings. The molecule has 0 radical (unpaired) electrons. The van der Waals surface area contributed by atoms with Crippen molar-refractivity contribution in [1.29, 1.82) is 0 Å². The van der Waals surface area contributed by atoms with Crippen LogP contribution in [0.2, 0.25) is 0 Å². The van der Waals surface area contributed by atoms with Crippen molar-refractivity contribution in [3.8, 4) is 11.1 Å². The maximum absolute atomic E-state index is 12.7. The maximum atomic E-state index is 12.7. The van der Waals surface area contributed by atoms with Crippen molar-refractivity contribution in [3.63, 3.8) is 0 Å². The molecule has 0 aromatic heterocycles. The first-order valence-corrected chi connectivity index (χ1v) is 8.34. The molecule has 0 saturated heterocycles. The molecule has 1 amide bonds. The average molecular weight is 447 g/mol. The zero-order valence-electron chi connectivity index (χ0n) is 13.5. The van der Waals surface area contributed by atoms with E-state index in [0.29, 0.717) is 16.7 Å². The molecule has 0 spiro atoms. The fourth-order valence-electron chi connectivity index (χ4n) is 2.15. The largest absolute Gasteiger partial charge is 0.416 e. The monoisotopic (exact) mass is 447 g/mol. The van der Waals surface area contributed by atoms with Crippen LogP contribution in [0.5, 0.6) is 0 Å². The van der Waals surface area contributed by atoms with Gasteiger partial charge in [-0.2, -0.15) is 13.2 Å². The van der Waals surface area contributed by atoms with Crippen LogP contribution in [0.15, 0.2) is 42.5 Å². The van der Waals surface area contributed by atoms with Gasteiger partial charge in [0, 0.05) is 14.7 Å². The van der Waals surface area contributed by atoms with Crippen LogP contribution in [0.1, 0.15) is 36.7 Å². The molecule has 2 aromatic carbocycles. The van der Waals surface area contributed by atoms with Crippen molar-refractivity contribution in [3.05, 3.63) is 57.2 Å². The number of hydrogen-bond donors (Lipinski definition) is 1. The smallest absolute Gasteiger partial charge is 0.347 e. The lowest BCUT2D eigenvalue weighted by atomic mass is 10.0. The number of alkyl halides is 3. The van der Waals surface area contributed by atoms with Crippen LogP contribution in [0.25, 0.3) is 11.1 Å². The van der Waals surface area contributed by atoms with E-state index in [2.05, 4.69) is 27.9 Å². The van der Waals surface area contributed by atoms with Crippen molar-refractivity contribution in [2.75, 3.05) is 0 Å². The molecule has 2 nitrogen and oxygen atoms in total. The normalized spacial score (nSPS) is 12.1. The highest BCUT2D eigenvalue weighted by atomic mass is 127. The minimum atomic E-state index is -4.36. The topological polar surface area (TPSA) is 29.1 Å². The summed E-state index contributed by atoms with van der Waals surface area (Å²) in [5.74, 6) is -0.214. The van der Waals surface area contributed by atoms with E-state index in [1.807, 2.05) is 26.8 Å². The van der Waals surface area contributed by atoms with E-state index in [9.17, 15) is 18.0 Å². The zero-order chi connectivity index (χ0) is 18.1. The SMILES string of the molecule is CC(C)(C)NC(=O)c1cc(I)cc(-c2ccc(C(F)(F)F)cc2)c1. The minimum Gasteiger partial charge on any atom is -0.347 e. The molecule has 0 unspecified atom stereocenters. The Kier molecular flexibility index (Phi) is 5.27. The van der Waals surface area contributed by atoms with E-state index in [1.165, 1.54) is 12.1 Å². The Morgan fingerprint density at radius 3 is 2.04 bits per heavy atom. The number of hydrogen-bond acceptors (Lipinski definition) is 1. The number of carbonyl (C=O) groups is 1. The van der Waals surface area contributed by atoms with Gasteiger partial charge in [0.1, 0.15) is 0 Å². The molecular weight excluding hydrogens is 430 g/mol. The second kappa shape index (κ2) is 6.74. The fraction of sp³-hybridized carbons (Fsp3) is 0.278. The van der Waals surface area contributed by atoms with Gasteiger partial charge in [-0.25, -0.2) is 0 Å². The third-order valence-electron chi connectivity index (χ3n) is 3.19. The fourth-order valence-corrected chi connectivity index (χ4v) is 2.82. The van der Waals surface area contributed by atoms with Crippen LogP contribution in [-0.2, 0) is 6.18 Å². The number of halogens is 4. The molecule has 0 aliphatic carbocycles. The van der Waals surface area contributed by atoms with Crippen LogP contribution in [0.4, 0.5) is 13.2 Å². The summed E-state index contributed by atoms with van der Waals surface area (Å²) >= 11 is 2.09. The summed E-state index contributed by atoms with van der Waals surface area (Å²) in [6.07, 6.45) is -4.36. The Labute approximate surface area is 152 Å². The van der Waals surface area contributed by atoms with Gasteiger partial charge in [-0.05, 0) is 84.8 Å². The molecule has 24 heavy (non-hydrogen) atoms. The van der Waals surface area contributed by atoms with E-state index >= 15 is 0 Å². The summed E-state index contributed by atoms with van der Waals surface area (Å²) in [4.78, 5) is 12.3. The third kappa shape index (κ3) is 4.96. The number of nitrogens with one attached hydrogen (secondary N) is 1. The van der Waals surface area contributed by atoms with E-state index in [1.54, 1.807) is 12.1 Å². The van der Waals surface area contributed by atoms with Crippen molar-refractivity contribution in [2.45, 2.75) is 32.5 Å². The predicted molar refractivity (Wildman–Crippen MR) is 96.8 cm³/mol. The molecule has 0 saturated carbocycles. The number of rotatable bonds is 2. The van der Waals surface area contributed by atoms with Crippen molar-refractivity contribution in [1.82, 2.24) is 5.32 Å². The quantitative estimate of drug-likeness (QED) is 0.605. The Balaban J connectivity index is 2.36.